The molecule has 0 aromatic carbocycles. The van der Waals surface area contributed by atoms with Crippen LogP contribution in [0.4, 0.5) is 0 Å². The van der Waals surface area contributed by atoms with E-state index in [4.69, 9.17) is 9.47 Å². The quantitative estimate of drug-likeness (QED) is 0.718. The highest BCUT2D eigenvalue weighted by Gasteiger charge is 2.56. The summed E-state index contributed by atoms with van der Waals surface area (Å²) in [6.07, 6.45) is 3.90. The van der Waals surface area contributed by atoms with Crippen LogP contribution in [0.25, 0.3) is 0 Å². The van der Waals surface area contributed by atoms with Gasteiger partial charge in [-0.2, -0.15) is 0 Å². The van der Waals surface area contributed by atoms with E-state index in [1.807, 2.05) is 0 Å². The Kier molecular flexibility index (Phi) is 2.81. The van der Waals surface area contributed by atoms with Gasteiger partial charge in [0.15, 0.2) is 5.79 Å². The molecule has 18 heavy (non-hydrogen) atoms. The Labute approximate surface area is 108 Å². The summed E-state index contributed by atoms with van der Waals surface area (Å²) in [5.74, 6) is 1.06. The van der Waals surface area contributed by atoms with E-state index in [1.54, 1.807) is 6.92 Å². The number of hydrogen-bond donors (Lipinski definition) is 1. The average Bonchev–Trinajstić information content (AvgIpc) is 2.77. The fourth-order valence-corrected chi connectivity index (χ4v) is 4.05. The molecule has 0 unspecified atom stereocenters. The zero-order chi connectivity index (χ0) is 13.0. The van der Waals surface area contributed by atoms with Gasteiger partial charge in [0.2, 0.25) is 0 Å². The lowest BCUT2D eigenvalue weighted by molar-refractivity contribution is -0.313. The van der Waals surface area contributed by atoms with Crippen molar-refractivity contribution in [3.05, 3.63) is 0 Å². The summed E-state index contributed by atoms with van der Waals surface area (Å²) in [6.45, 7) is 4.55. The Morgan fingerprint density at radius 3 is 2.56 bits per heavy atom. The molecular formula is C14H22O4. The summed E-state index contributed by atoms with van der Waals surface area (Å²) >= 11 is 0. The van der Waals surface area contributed by atoms with Gasteiger partial charge in [-0.25, -0.2) is 0 Å². The van der Waals surface area contributed by atoms with Crippen molar-refractivity contribution in [2.45, 2.75) is 44.5 Å². The van der Waals surface area contributed by atoms with Gasteiger partial charge < -0.3 is 19.4 Å². The fourth-order valence-electron chi connectivity index (χ4n) is 4.05. The highest BCUT2D eigenvalue weighted by Crippen LogP contribution is 2.55. The van der Waals surface area contributed by atoms with E-state index in [1.165, 1.54) is 0 Å². The first kappa shape index (κ1) is 12.6. The van der Waals surface area contributed by atoms with E-state index in [0.717, 1.165) is 25.5 Å². The molecule has 3 fully saturated rings. The molecule has 2 aliphatic carbocycles. The van der Waals surface area contributed by atoms with Crippen LogP contribution in [-0.4, -0.2) is 36.0 Å². The maximum Gasteiger partial charge on any atom is 0.169 e. The van der Waals surface area contributed by atoms with E-state index in [0.29, 0.717) is 31.0 Å². The molecule has 0 radical (unpaired) electrons. The van der Waals surface area contributed by atoms with Gasteiger partial charge in [0.1, 0.15) is 11.9 Å². The van der Waals surface area contributed by atoms with Crippen LogP contribution in [0.2, 0.25) is 0 Å². The number of fused-ring (bicyclic) bond motifs is 1. The number of rotatable bonds is 1. The standard InChI is InChI=1S/C14H22O4/c1-9-3-10-4-14(5-11(10)12(9)6-15)17-7-13(2,16)8-18-14/h6,9-12,16H,3-5,7-8H2,1-2H3/t9-,10-,11+,12+,13?,14?/m1/s1. The summed E-state index contributed by atoms with van der Waals surface area (Å²) in [4.78, 5) is 11.2. The van der Waals surface area contributed by atoms with Gasteiger partial charge in [0.05, 0.1) is 13.2 Å². The molecule has 0 bridgehead atoms. The topological polar surface area (TPSA) is 55.8 Å². The molecule has 4 nitrogen and oxygen atoms in total. The van der Waals surface area contributed by atoms with Crippen molar-refractivity contribution in [2.24, 2.45) is 23.7 Å². The SMILES string of the molecule is C[C@@H]1C[C@@H]2CC3(C[C@@H]2[C@H]1C=O)OCC(C)(O)CO3. The largest absolute Gasteiger partial charge is 0.385 e. The fraction of sp³-hybridized carbons (Fsp3) is 0.929. The van der Waals surface area contributed by atoms with Crippen molar-refractivity contribution in [3.8, 4) is 0 Å². The van der Waals surface area contributed by atoms with E-state index in [-0.39, 0.29) is 5.92 Å². The number of hydrogen-bond acceptors (Lipinski definition) is 4. The Balaban J connectivity index is 1.71. The molecule has 1 spiro atoms. The van der Waals surface area contributed by atoms with Crippen LogP contribution in [0.1, 0.15) is 33.1 Å². The van der Waals surface area contributed by atoms with Crippen molar-refractivity contribution >= 4 is 6.29 Å². The molecule has 4 heteroatoms. The monoisotopic (exact) mass is 254 g/mol. The van der Waals surface area contributed by atoms with Crippen molar-refractivity contribution < 1.29 is 19.4 Å². The number of carbonyl (C=O) groups excluding carboxylic acids is 1. The third kappa shape index (κ3) is 1.91. The molecule has 0 aromatic rings. The van der Waals surface area contributed by atoms with Crippen molar-refractivity contribution in [3.63, 3.8) is 0 Å². The summed E-state index contributed by atoms with van der Waals surface area (Å²) < 4.78 is 11.6. The molecule has 2 saturated carbocycles. The van der Waals surface area contributed by atoms with Gasteiger partial charge in [0.25, 0.3) is 0 Å². The van der Waals surface area contributed by atoms with Crippen LogP contribution in [0.15, 0.2) is 0 Å². The Bertz CT molecular complexity index is 342. The molecule has 1 aliphatic heterocycles. The smallest absolute Gasteiger partial charge is 0.169 e. The minimum Gasteiger partial charge on any atom is -0.385 e. The second kappa shape index (κ2) is 4.02. The Morgan fingerprint density at radius 2 is 1.94 bits per heavy atom. The average molecular weight is 254 g/mol. The molecule has 3 rings (SSSR count). The zero-order valence-corrected chi connectivity index (χ0v) is 11.1. The molecule has 0 amide bonds. The third-order valence-corrected chi connectivity index (χ3v) is 5.00. The second-order valence-corrected chi connectivity index (χ2v) is 6.74. The lowest BCUT2D eigenvalue weighted by Crippen LogP contribution is -2.51. The second-order valence-electron chi connectivity index (χ2n) is 6.74. The number of ether oxygens (including phenoxy) is 2. The van der Waals surface area contributed by atoms with Gasteiger partial charge in [-0.1, -0.05) is 6.92 Å². The summed E-state index contributed by atoms with van der Waals surface area (Å²) in [7, 11) is 0. The number of carbonyl (C=O) groups is 1. The first-order valence-electron chi connectivity index (χ1n) is 6.90. The molecule has 1 N–H and O–H groups in total. The predicted octanol–water partition coefficient (Wildman–Crippen LogP) is 1.36. The van der Waals surface area contributed by atoms with Gasteiger partial charge >= 0.3 is 0 Å². The molecule has 4 atom stereocenters. The van der Waals surface area contributed by atoms with E-state index in [9.17, 15) is 9.90 Å². The van der Waals surface area contributed by atoms with Gasteiger partial charge in [0, 0.05) is 18.8 Å². The lowest BCUT2D eigenvalue weighted by Gasteiger charge is -2.41. The first-order chi connectivity index (χ1) is 8.45. The zero-order valence-electron chi connectivity index (χ0n) is 11.1. The maximum atomic E-state index is 11.2. The van der Waals surface area contributed by atoms with Gasteiger partial charge in [-0.3, -0.25) is 0 Å². The Morgan fingerprint density at radius 1 is 1.28 bits per heavy atom. The van der Waals surface area contributed by atoms with E-state index in [2.05, 4.69) is 6.92 Å². The number of aldehydes is 1. The highest BCUT2D eigenvalue weighted by molar-refractivity contribution is 5.55. The Hall–Kier alpha value is -0.450. The normalized spacial score (nSPS) is 55.7. The van der Waals surface area contributed by atoms with Crippen molar-refractivity contribution in [2.75, 3.05) is 13.2 Å². The minimum absolute atomic E-state index is 0.156. The van der Waals surface area contributed by atoms with E-state index < -0.39 is 11.4 Å². The summed E-state index contributed by atoms with van der Waals surface area (Å²) in [6, 6.07) is 0. The third-order valence-electron chi connectivity index (χ3n) is 5.00. The van der Waals surface area contributed by atoms with Crippen LogP contribution in [0.3, 0.4) is 0 Å². The molecular weight excluding hydrogens is 232 g/mol. The molecule has 0 aromatic heterocycles. The maximum absolute atomic E-state index is 11.2. The van der Waals surface area contributed by atoms with Crippen molar-refractivity contribution in [1.29, 1.82) is 0 Å². The summed E-state index contributed by atoms with van der Waals surface area (Å²) in [5, 5.41) is 9.86. The van der Waals surface area contributed by atoms with Crippen LogP contribution >= 0.6 is 0 Å². The van der Waals surface area contributed by atoms with Gasteiger partial charge in [-0.05, 0) is 31.1 Å². The van der Waals surface area contributed by atoms with Crippen LogP contribution < -0.4 is 0 Å². The molecule has 102 valence electrons. The van der Waals surface area contributed by atoms with Gasteiger partial charge in [-0.15, -0.1) is 0 Å². The number of aliphatic hydroxyl groups is 1. The lowest BCUT2D eigenvalue weighted by atomic mass is 9.89. The van der Waals surface area contributed by atoms with Crippen LogP contribution in [-0.2, 0) is 14.3 Å². The molecule has 1 saturated heterocycles. The molecule has 1 heterocycles. The predicted molar refractivity (Wildman–Crippen MR) is 64.8 cm³/mol. The van der Waals surface area contributed by atoms with Crippen LogP contribution in [0, 0.1) is 23.7 Å². The summed E-state index contributed by atoms with van der Waals surface area (Å²) in [5.41, 5.74) is -0.875. The van der Waals surface area contributed by atoms with Crippen molar-refractivity contribution in [1.82, 2.24) is 0 Å². The molecule has 3 aliphatic rings. The minimum atomic E-state index is -0.875. The first-order valence-corrected chi connectivity index (χ1v) is 6.90. The van der Waals surface area contributed by atoms with Crippen LogP contribution in [0.5, 0.6) is 0 Å². The highest BCUT2D eigenvalue weighted by atomic mass is 16.7. The van der Waals surface area contributed by atoms with E-state index >= 15 is 0 Å².